The molecule has 0 bridgehead atoms. The van der Waals surface area contributed by atoms with Crippen LogP contribution in [0.1, 0.15) is 22.8 Å². The number of hydrogen-bond donors (Lipinski definition) is 2. The van der Waals surface area contributed by atoms with E-state index < -0.39 is 5.91 Å². The maximum absolute atomic E-state index is 11.9. The summed E-state index contributed by atoms with van der Waals surface area (Å²) >= 11 is 2.12. The smallest absolute Gasteiger partial charge is 0.276 e. The zero-order valence-corrected chi connectivity index (χ0v) is 14.8. The Balaban J connectivity index is 1.77. The van der Waals surface area contributed by atoms with E-state index in [2.05, 4.69) is 40.4 Å². The van der Waals surface area contributed by atoms with Crippen LogP contribution < -0.4 is 15.6 Å². The Kier molecular flexibility index (Phi) is 6.40. The third kappa shape index (κ3) is 5.55. The monoisotopic (exact) mass is 424 g/mol. The summed E-state index contributed by atoms with van der Waals surface area (Å²) in [5.41, 5.74) is 6.37. The third-order valence-corrected chi connectivity index (χ3v) is 3.77. The van der Waals surface area contributed by atoms with Crippen LogP contribution >= 0.6 is 22.6 Å². The number of hydrazine groups is 1. The van der Waals surface area contributed by atoms with E-state index in [1.165, 1.54) is 5.56 Å². The normalized spacial score (nSPS) is 10.0. The third-order valence-electron chi connectivity index (χ3n) is 3.10. The molecule has 0 unspecified atom stereocenters. The predicted molar refractivity (Wildman–Crippen MR) is 96.1 cm³/mol. The molecule has 0 fully saturated rings. The second-order valence-corrected chi connectivity index (χ2v) is 6.04. The summed E-state index contributed by atoms with van der Waals surface area (Å²) in [4.78, 5) is 23.6. The van der Waals surface area contributed by atoms with E-state index >= 15 is 0 Å². The van der Waals surface area contributed by atoms with E-state index in [4.69, 9.17) is 4.74 Å². The lowest BCUT2D eigenvalue weighted by molar-refractivity contribution is -0.123. The molecular weight excluding hydrogens is 407 g/mol. The van der Waals surface area contributed by atoms with E-state index in [0.29, 0.717) is 11.3 Å². The number of ether oxygens (including phenoxy) is 1. The van der Waals surface area contributed by atoms with Crippen LogP contribution in [0.4, 0.5) is 0 Å². The van der Waals surface area contributed by atoms with Crippen molar-refractivity contribution < 1.29 is 14.3 Å². The molecule has 0 aliphatic heterocycles. The molecule has 0 saturated carbocycles. The van der Waals surface area contributed by atoms with Crippen LogP contribution in [0.15, 0.2) is 48.5 Å². The second-order valence-electron chi connectivity index (χ2n) is 4.80. The maximum atomic E-state index is 11.9. The predicted octanol–water partition coefficient (Wildman–Crippen LogP) is 2.69. The van der Waals surface area contributed by atoms with Gasteiger partial charge in [-0.05, 0) is 64.9 Å². The lowest BCUT2D eigenvalue weighted by atomic mass is 10.2. The quantitative estimate of drug-likeness (QED) is 0.573. The molecule has 0 spiro atoms. The van der Waals surface area contributed by atoms with Gasteiger partial charge in [0.15, 0.2) is 6.61 Å². The molecule has 0 aliphatic carbocycles. The van der Waals surface area contributed by atoms with E-state index in [1.807, 2.05) is 30.3 Å². The Morgan fingerprint density at radius 1 is 1.09 bits per heavy atom. The van der Waals surface area contributed by atoms with E-state index in [0.717, 1.165) is 9.99 Å². The average molecular weight is 424 g/mol. The summed E-state index contributed by atoms with van der Waals surface area (Å²) in [6, 6.07) is 14.6. The van der Waals surface area contributed by atoms with Gasteiger partial charge >= 0.3 is 0 Å². The fourth-order valence-corrected chi connectivity index (χ4v) is 2.38. The van der Waals surface area contributed by atoms with Gasteiger partial charge in [0, 0.05) is 9.13 Å². The van der Waals surface area contributed by atoms with E-state index in [9.17, 15) is 9.59 Å². The molecule has 0 radical (unpaired) electrons. The molecule has 2 rings (SSSR count). The van der Waals surface area contributed by atoms with E-state index in [1.54, 1.807) is 18.2 Å². The highest BCUT2D eigenvalue weighted by atomic mass is 127. The first-order valence-corrected chi connectivity index (χ1v) is 8.23. The Bertz CT molecular complexity index is 686. The molecule has 23 heavy (non-hydrogen) atoms. The van der Waals surface area contributed by atoms with Crippen molar-refractivity contribution in [1.29, 1.82) is 0 Å². The minimum absolute atomic E-state index is 0.169. The highest BCUT2D eigenvalue weighted by Crippen LogP contribution is 2.12. The molecule has 6 heteroatoms. The first-order valence-electron chi connectivity index (χ1n) is 7.15. The summed E-state index contributed by atoms with van der Waals surface area (Å²) < 4.78 is 6.30. The van der Waals surface area contributed by atoms with Crippen molar-refractivity contribution in [2.24, 2.45) is 0 Å². The molecule has 120 valence electrons. The largest absolute Gasteiger partial charge is 0.484 e. The van der Waals surface area contributed by atoms with Crippen LogP contribution in [0.25, 0.3) is 0 Å². The van der Waals surface area contributed by atoms with Crippen LogP contribution in [0.2, 0.25) is 0 Å². The lowest BCUT2D eigenvalue weighted by Crippen LogP contribution is -2.43. The second kappa shape index (κ2) is 8.52. The Morgan fingerprint density at radius 3 is 2.48 bits per heavy atom. The van der Waals surface area contributed by atoms with E-state index in [-0.39, 0.29) is 12.5 Å². The number of hydrogen-bond acceptors (Lipinski definition) is 3. The van der Waals surface area contributed by atoms with Crippen LogP contribution in [0.5, 0.6) is 5.75 Å². The Labute approximate surface area is 148 Å². The molecule has 2 amide bonds. The highest BCUT2D eigenvalue weighted by molar-refractivity contribution is 14.1. The lowest BCUT2D eigenvalue weighted by Gasteiger charge is -2.09. The van der Waals surface area contributed by atoms with Crippen LogP contribution in [0.3, 0.4) is 0 Å². The minimum atomic E-state index is -0.427. The molecule has 0 aliphatic rings. The van der Waals surface area contributed by atoms with Crippen molar-refractivity contribution in [2.75, 3.05) is 6.61 Å². The van der Waals surface area contributed by atoms with Crippen molar-refractivity contribution in [3.8, 4) is 5.75 Å². The summed E-state index contributed by atoms with van der Waals surface area (Å²) in [6.45, 7) is 1.90. The van der Waals surface area contributed by atoms with Gasteiger partial charge in [-0.15, -0.1) is 0 Å². The first-order chi connectivity index (χ1) is 11.1. The molecule has 0 atom stereocenters. The Hall–Kier alpha value is -2.09. The van der Waals surface area contributed by atoms with Crippen molar-refractivity contribution >= 4 is 34.4 Å². The number of rotatable bonds is 5. The van der Waals surface area contributed by atoms with Gasteiger partial charge in [-0.1, -0.05) is 25.1 Å². The molecule has 0 heterocycles. The molecule has 2 aromatic carbocycles. The molecule has 2 aromatic rings. The Morgan fingerprint density at radius 2 is 1.83 bits per heavy atom. The highest BCUT2D eigenvalue weighted by Gasteiger charge is 2.08. The summed E-state index contributed by atoms with van der Waals surface area (Å²) in [5, 5.41) is 0. The van der Waals surface area contributed by atoms with Crippen LogP contribution in [-0.2, 0) is 11.2 Å². The number of halogens is 1. The van der Waals surface area contributed by atoms with Gasteiger partial charge in [0.05, 0.1) is 0 Å². The van der Waals surface area contributed by atoms with Gasteiger partial charge < -0.3 is 4.74 Å². The number of carbonyl (C=O) groups excluding carboxylic acids is 2. The van der Waals surface area contributed by atoms with Gasteiger partial charge in [-0.2, -0.15) is 0 Å². The minimum Gasteiger partial charge on any atom is -0.484 e. The fraction of sp³-hybridized carbons (Fsp3) is 0.176. The van der Waals surface area contributed by atoms with Gasteiger partial charge in [0.25, 0.3) is 11.8 Å². The van der Waals surface area contributed by atoms with Crippen LogP contribution in [-0.4, -0.2) is 18.4 Å². The molecule has 5 nitrogen and oxygen atoms in total. The molecule has 0 saturated heterocycles. The maximum Gasteiger partial charge on any atom is 0.276 e. The van der Waals surface area contributed by atoms with Gasteiger partial charge in [0.1, 0.15) is 5.75 Å². The van der Waals surface area contributed by atoms with Crippen molar-refractivity contribution in [2.45, 2.75) is 13.3 Å². The van der Waals surface area contributed by atoms with Crippen molar-refractivity contribution in [3.05, 3.63) is 63.2 Å². The first kappa shape index (κ1) is 17.3. The number of benzene rings is 2. The molecular formula is C17H17IN2O3. The fourth-order valence-electron chi connectivity index (χ4n) is 1.83. The van der Waals surface area contributed by atoms with Gasteiger partial charge in [0.2, 0.25) is 0 Å². The van der Waals surface area contributed by atoms with Crippen molar-refractivity contribution in [1.82, 2.24) is 10.9 Å². The zero-order valence-electron chi connectivity index (χ0n) is 12.6. The van der Waals surface area contributed by atoms with Crippen molar-refractivity contribution in [3.63, 3.8) is 0 Å². The van der Waals surface area contributed by atoms with Gasteiger partial charge in [-0.3, -0.25) is 20.4 Å². The number of nitrogens with one attached hydrogen (secondary N) is 2. The zero-order chi connectivity index (χ0) is 16.7. The number of aryl methyl sites for hydroxylation is 1. The summed E-state index contributed by atoms with van der Waals surface area (Å²) in [5.74, 6) is -0.186. The molecule has 0 aromatic heterocycles. The molecule has 2 N–H and O–H groups in total. The number of carbonyl (C=O) groups is 2. The topological polar surface area (TPSA) is 67.4 Å². The average Bonchev–Trinajstić information content (AvgIpc) is 2.58. The number of amides is 2. The summed E-state index contributed by atoms with van der Waals surface area (Å²) in [6.07, 6.45) is 0.950. The van der Waals surface area contributed by atoms with Gasteiger partial charge in [-0.25, -0.2) is 0 Å². The summed E-state index contributed by atoms with van der Waals surface area (Å²) in [7, 11) is 0. The SMILES string of the molecule is CCc1ccc(OCC(=O)NNC(=O)c2cccc(I)c2)cc1. The van der Waals surface area contributed by atoms with Crippen LogP contribution in [0, 0.1) is 3.57 Å². The standard InChI is InChI=1S/C17H17IN2O3/c1-2-12-6-8-15(9-7-12)23-11-16(21)19-20-17(22)13-4-3-5-14(18)10-13/h3-10H,2,11H2,1H3,(H,19,21)(H,20,22).